The van der Waals surface area contributed by atoms with Crippen molar-refractivity contribution in [1.29, 1.82) is 0 Å². The quantitative estimate of drug-likeness (QED) is 0.820. The van der Waals surface area contributed by atoms with E-state index < -0.39 is 5.82 Å². The topological polar surface area (TPSA) is 15.3 Å². The zero-order valence-corrected chi connectivity index (χ0v) is 11.0. The Morgan fingerprint density at radius 1 is 1.50 bits per heavy atom. The molecule has 0 aliphatic heterocycles. The van der Waals surface area contributed by atoms with Gasteiger partial charge < -0.3 is 10.2 Å². The van der Waals surface area contributed by atoms with Crippen molar-refractivity contribution in [2.75, 3.05) is 12.4 Å². The molecule has 0 unspecified atom stereocenters. The van der Waals surface area contributed by atoms with Crippen LogP contribution < -0.4 is 5.32 Å². The highest BCUT2D eigenvalue weighted by Crippen LogP contribution is 2.19. The first-order chi connectivity index (χ1) is 7.41. The minimum Gasteiger partial charge on any atom is -0.350 e. The van der Waals surface area contributed by atoms with E-state index in [1.54, 1.807) is 6.07 Å². The number of thiocarbonyl (C=S) groups is 1. The van der Waals surface area contributed by atoms with Crippen LogP contribution in [0.25, 0.3) is 0 Å². The molecule has 0 radical (unpaired) electrons. The van der Waals surface area contributed by atoms with Crippen LogP contribution in [0.4, 0.5) is 10.1 Å². The smallest absolute Gasteiger partial charge is 0.173 e. The van der Waals surface area contributed by atoms with Crippen LogP contribution in [0.1, 0.15) is 13.8 Å². The molecule has 1 rings (SSSR count). The summed E-state index contributed by atoms with van der Waals surface area (Å²) in [4.78, 5) is 1.91. The molecule has 0 saturated carbocycles. The van der Waals surface area contributed by atoms with Gasteiger partial charge >= 0.3 is 0 Å². The van der Waals surface area contributed by atoms with Crippen LogP contribution in [0, 0.1) is 5.82 Å². The van der Waals surface area contributed by atoms with Gasteiger partial charge in [-0.3, -0.25) is 0 Å². The molecule has 1 aromatic carbocycles. The molecule has 0 saturated heterocycles. The summed E-state index contributed by atoms with van der Waals surface area (Å²) in [6, 6.07) is 4.72. The molecule has 5 heteroatoms. The van der Waals surface area contributed by atoms with Crippen LogP contribution >= 0.6 is 23.8 Å². The molecule has 0 amide bonds. The lowest BCUT2D eigenvalue weighted by molar-refractivity contribution is 0.423. The van der Waals surface area contributed by atoms with E-state index in [-0.39, 0.29) is 5.02 Å². The van der Waals surface area contributed by atoms with Crippen LogP contribution in [0.15, 0.2) is 18.2 Å². The van der Waals surface area contributed by atoms with Crippen LogP contribution in [0.5, 0.6) is 0 Å². The molecular weight excluding hydrogens is 247 g/mol. The fourth-order valence-electron chi connectivity index (χ4n) is 1.02. The van der Waals surface area contributed by atoms with Crippen LogP contribution in [-0.2, 0) is 0 Å². The van der Waals surface area contributed by atoms with E-state index in [1.807, 2.05) is 25.8 Å². The van der Waals surface area contributed by atoms with Gasteiger partial charge in [-0.15, -0.1) is 0 Å². The lowest BCUT2D eigenvalue weighted by Gasteiger charge is -2.24. The van der Waals surface area contributed by atoms with E-state index in [9.17, 15) is 4.39 Å². The number of hydrogen-bond donors (Lipinski definition) is 1. The lowest BCUT2D eigenvalue weighted by atomic mass is 10.3. The molecule has 0 atom stereocenters. The molecule has 1 aromatic rings. The second-order valence-corrected chi connectivity index (χ2v) is 4.56. The Kier molecular flexibility index (Phi) is 4.50. The first-order valence-corrected chi connectivity index (χ1v) is 5.69. The highest BCUT2D eigenvalue weighted by molar-refractivity contribution is 7.80. The number of halogens is 2. The van der Waals surface area contributed by atoms with Gasteiger partial charge in [-0.1, -0.05) is 11.6 Å². The summed E-state index contributed by atoms with van der Waals surface area (Å²) in [5.74, 6) is -0.435. The van der Waals surface area contributed by atoms with Gasteiger partial charge in [0.2, 0.25) is 0 Å². The SMILES string of the molecule is CC(C)N(C)C(=S)Nc1ccc(F)c(Cl)c1. The predicted octanol–water partition coefficient (Wildman–Crippen LogP) is 3.52. The maximum absolute atomic E-state index is 12.9. The molecule has 0 heterocycles. The Bertz CT molecular complexity index is 396. The van der Waals surface area contributed by atoms with E-state index in [1.165, 1.54) is 12.1 Å². The summed E-state index contributed by atoms with van der Waals surface area (Å²) in [5.41, 5.74) is 0.684. The highest BCUT2D eigenvalue weighted by Gasteiger charge is 2.08. The maximum Gasteiger partial charge on any atom is 0.173 e. The van der Waals surface area contributed by atoms with Gasteiger partial charge in [0, 0.05) is 18.8 Å². The molecule has 0 aliphatic carbocycles. The van der Waals surface area contributed by atoms with Gasteiger partial charge in [0.05, 0.1) is 5.02 Å². The number of nitrogens with one attached hydrogen (secondary N) is 1. The molecule has 0 aromatic heterocycles. The summed E-state index contributed by atoms with van der Waals surface area (Å²) >= 11 is 10.9. The Morgan fingerprint density at radius 3 is 2.62 bits per heavy atom. The third-order valence-corrected chi connectivity index (χ3v) is 2.95. The molecule has 88 valence electrons. The largest absolute Gasteiger partial charge is 0.350 e. The predicted molar refractivity (Wildman–Crippen MR) is 70.5 cm³/mol. The van der Waals surface area contributed by atoms with Gasteiger partial charge in [-0.05, 0) is 44.3 Å². The monoisotopic (exact) mass is 260 g/mol. The van der Waals surface area contributed by atoms with Gasteiger partial charge in [-0.25, -0.2) is 4.39 Å². The van der Waals surface area contributed by atoms with Crippen molar-refractivity contribution >= 4 is 34.6 Å². The minimum absolute atomic E-state index is 0.0833. The Hall–Kier alpha value is -0.870. The summed E-state index contributed by atoms with van der Waals surface area (Å²) in [6.45, 7) is 4.07. The number of benzene rings is 1. The third-order valence-electron chi connectivity index (χ3n) is 2.27. The van der Waals surface area contributed by atoms with Gasteiger partial charge in [0.1, 0.15) is 5.82 Å². The van der Waals surface area contributed by atoms with Crippen molar-refractivity contribution < 1.29 is 4.39 Å². The van der Waals surface area contributed by atoms with Crippen molar-refractivity contribution in [2.45, 2.75) is 19.9 Å². The first kappa shape index (κ1) is 13.2. The van der Waals surface area contributed by atoms with Crippen LogP contribution in [-0.4, -0.2) is 23.1 Å². The standard InChI is InChI=1S/C11H14ClFN2S/c1-7(2)15(3)11(16)14-8-4-5-10(13)9(12)6-8/h4-7H,1-3H3,(H,14,16). The van der Waals surface area contributed by atoms with Gasteiger partial charge in [-0.2, -0.15) is 0 Å². The van der Waals surface area contributed by atoms with E-state index in [2.05, 4.69) is 5.32 Å². The fourth-order valence-corrected chi connectivity index (χ4v) is 1.53. The van der Waals surface area contributed by atoms with Crippen LogP contribution in [0.3, 0.4) is 0 Å². The Labute approximate surface area is 105 Å². The van der Waals surface area contributed by atoms with Crippen LogP contribution in [0.2, 0.25) is 5.02 Å². The molecule has 0 spiro atoms. The molecule has 0 bridgehead atoms. The average molecular weight is 261 g/mol. The van der Waals surface area contributed by atoms with Crippen molar-refractivity contribution in [3.8, 4) is 0 Å². The Balaban J connectivity index is 2.74. The zero-order valence-electron chi connectivity index (χ0n) is 9.42. The molecule has 2 nitrogen and oxygen atoms in total. The van der Waals surface area contributed by atoms with E-state index in [0.29, 0.717) is 16.8 Å². The second-order valence-electron chi connectivity index (χ2n) is 3.76. The maximum atomic E-state index is 12.9. The van der Waals surface area contributed by atoms with Gasteiger partial charge in [0.25, 0.3) is 0 Å². The lowest BCUT2D eigenvalue weighted by Crippen LogP contribution is -2.36. The highest BCUT2D eigenvalue weighted by atomic mass is 35.5. The summed E-state index contributed by atoms with van der Waals surface area (Å²) in [6.07, 6.45) is 0. The van der Waals surface area contributed by atoms with Crippen molar-refractivity contribution in [3.05, 3.63) is 29.0 Å². The summed E-state index contributed by atoms with van der Waals surface area (Å²) < 4.78 is 12.9. The second kappa shape index (κ2) is 5.46. The van der Waals surface area contributed by atoms with Crippen molar-refractivity contribution in [2.24, 2.45) is 0 Å². The first-order valence-electron chi connectivity index (χ1n) is 4.90. The normalized spacial score (nSPS) is 10.4. The molecular formula is C11H14ClFN2S. The number of nitrogens with zero attached hydrogens (tertiary/aromatic N) is 1. The zero-order chi connectivity index (χ0) is 12.3. The molecule has 0 fully saturated rings. The van der Waals surface area contributed by atoms with E-state index >= 15 is 0 Å². The van der Waals surface area contributed by atoms with Crippen molar-refractivity contribution in [3.63, 3.8) is 0 Å². The number of rotatable bonds is 2. The van der Waals surface area contributed by atoms with Gasteiger partial charge in [0.15, 0.2) is 5.11 Å². The molecule has 16 heavy (non-hydrogen) atoms. The molecule has 1 N–H and O–H groups in total. The van der Waals surface area contributed by atoms with E-state index in [0.717, 1.165) is 0 Å². The third kappa shape index (κ3) is 3.32. The minimum atomic E-state index is -0.435. The Morgan fingerprint density at radius 2 is 2.12 bits per heavy atom. The molecule has 0 aliphatic rings. The average Bonchev–Trinajstić information content (AvgIpc) is 2.22. The number of anilines is 1. The fraction of sp³-hybridized carbons (Fsp3) is 0.364. The number of hydrogen-bond acceptors (Lipinski definition) is 1. The summed E-state index contributed by atoms with van der Waals surface area (Å²) in [5, 5.41) is 3.66. The summed E-state index contributed by atoms with van der Waals surface area (Å²) in [7, 11) is 1.89. The van der Waals surface area contributed by atoms with E-state index in [4.69, 9.17) is 23.8 Å². The van der Waals surface area contributed by atoms with Crippen molar-refractivity contribution in [1.82, 2.24) is 4.90 Å².